The highest BCUT2D eigenvalue weighted by atomic mass is 35.5. The van der Waals surface area contributed by atoms with Gasteiger partial charge in [-0.2, -0.15) is 8.42 Å². The van der Waals surface area contributed by atoms with Crippen molar-refractivity contribution in [2.45, 2.75) is 4.34 Å². The third kappa shape index (κ3) is 4.32. The Labute approximate surface area is 152 Å². The van der Waals surface area contributed by atoms with E-state index in [0.717, 1.165) is 11.3 Å². The maximum Gasteiger partial charge on any atom is 0.291 e. The zero-order valence-corrected chi connectivity index (χ0v) is 14.9. The Morgan fingerprint density at radius 3 is 2.36 bits per heavy atom. The first-order valence-electron chi connectivity index (χ1n) is 6.92. The molecule has 0 aliphatic rings. The van der Waals surface area contributed by atoms with Gasteiger partial charge in [-0.15, -0.1) is 10.2 Å². The summed E-state index contributed by atoms with van der Waals surface area (Å²) in [5.74, 6) is -0.437. The van der Waals surface area contributed by atoms with Gasteiger partial charge in [0.15, 0.2) is 0 Å². The van der Waals surface area contributed by atoms with Crippen molar-refractivity contribution in [2.75, 3.05) is 10.0 Å². The van der Waals surface area contributed by atoms with Crippen molar-refractivity contribution in [1.82, 2.24) is 10.2 Å². The molecule has 0 fully saturated rings. The summed E-state index contributed by atoms with van der Waals surface area (Å²) in [5.41, 5.74) is 0.774. The second-order valence-electron chi connectivity index (χ2n) is 4.81. The Balaban J connectivity index is 1.73. The lowest BCUT2D eigenvalue weighted by Gasteiger charge is -2.03. The van der Waals surface area contributed by atoms with Crippen molar-refractivity contribution >= 4 is 49.7 Å². The Kier molecular flexibility index (Phi) is 4.98. The zero-order chi connectivity index (χ0) is 17.9. The molecule has 3 aromatic rings. The quantitative estimate of drug-likeness (QED) is 0.647. The van der Waals surface area contributed by atoms with Crippen LogP contribution in [-0.4, -0.2) is 24.5 Å². The topological polar surface area (TPSA) is 101 Å². The molecule has 10 heteroatoms. The third-order valence-corrected chi connectivity index (χ3v) is 5.83. The van der Waals surface area contributed by atoms with Gasteiger partial charge in [-0.3, -0.25) is 14.8 Å². The van der Waals surface area contributed by atoms with Gasteiger partial charge in [0, 0.05) is 16.3 Å². The monoisotopic (exact) mass is 394 g/mol. The minimum Gasteiger partial charge on any atom is -0.296 e. The maximum absolute atomic E-state index is 12.3. The summed E-state index contributed by atoms with van der Waals surface area (Å²) in [6.45, 7) is 0. The molecule has 7 nitrogen and oxygen atoms in total. The summed E-state index contributed by atoms with van der Waals surface area (Å²) in [6, 6.07) is 14.7. The van der Waals surface area contributed by atoms with Crippen LogP contribution in [0.1, 0.15) is 10.4 Å². The number of anilines is 2. The highest BCUT2D eigenvalue weighted by Gasteiger charge is 2.21. The summed E-state index contributed by atoms with van der Waals surface area (Å²) in [7, 11) is -3.87. The lowest BCUT2D eigenvalue weighted by Crippen LogP contribution is -2.12. The molecular weight excluding hydrogens is 384 g/mol. The first-order chi connectivity index (χ1) is 11.9. The van der Waals surface area contributed by atoms with E-state index in [1.54, 1.807) is 54.6 Å². The molecule has 1 heterocycles. The van der Waals surface area contributed by atoms with Gasteiger partial charge in [-0.1, -0.05) is 41.1 Å². The molecule has 0 saturated heterocycles. The molecule has 0 aliphatic carbocycles. The molecule has 25 heavy (non-hydrogen) atoms. The number of amides is 1. The lowest BCUT2D eigenvalue weighted by molar-refractivity contribution is 0.102. The number of halogens is 1. The molecule has 1 aromatic heterocycles. The highest BCUT2D eigenvalue weighted by Crippen LogP contribution is 2.23. The Hall–Kier alpha value is -2.49. The normalized spacial score (nSPS) is 11.1. The number of para-hydroxylation sites is 1. The largest absolute Gasteiger partial charge is 0.296 e. The van der Waals surface area contributed by atoms with Crippen LogP contribution in [0.25, 0.3) is 0 Å². The molecule has 0 atom stereocenters. The molecule has 0 spiro atoms. The zero-order valence-electron chi connectivity index (χ0n) is 12.5. The molecule has 2 aromatic carbocycles. The van der Waals surface area contributed by atoms with Crippen LogP contribution in [-0.2, 0) is 10.0 Å². The number of benzene rings is 2. The van der Waals surface area contributed by atoms with Crippen LogP contribution in [0.4, 0.5) is 10.8 Å². The third-order valence-electron chi connectivity index (χ3n) is 2.99. The number of carbonyl (C=O) groups excluding carboxylic acids is 1. The van der Waals surface area contributed by atoms with E-state index in [1.807, 2.05) is 0 Å². The predicted molar refractivity (Wildman–Crippen MR) is 96.6 cm³/mol. The van der Waals surface area contributed by atoms with E-state index in [1.165, 1.54) is 0 Å². The van der Waals surface area contributed by atoms with Gasteiger partial charge in [0.1, 0.15) is 0 Å². The van der Waals surface area contributed by atoms with Crippen LogP contribution in [0.3, 0.4) is 0 Å². The smallest absolute Gasteiger partial charge is 0.291 e. The van der Waals surface area contributed by atoms with E-state index in [2.05, 4.69) is 20.2 Å². The van der Waals surface area contributed by atoms with E-state index in [9.17, 15) is 13.2 Å². The number of aromatic nitrogens is 2. The fraction of sp³-hybridized carbons (Fsp3) is 0. The minimum absolute atomic E-state index is 0.0772. The predicted octanol–water partition coefficient (Wildman–Crippen LogP) is 3.24. The number of nitrogens with zero attached hydrogens (tertiary/aromatic N) is 2. The van der Waals surface area contributed by atoms with Crippen LogP contribution in [0.5, 0.6) is 0 Å². The average Bonchev–Trinajstić information content (AvgIpc) is 3.05. The van der Waals surface area contributed by atoms with Gasteiger partial charge < -0.3 is 0 Å². The van der Waals surface area contributed by atoms with Crippen molar-refractivity contribution in [1.29, 1.82) is 0 Å². The Morgan fingerprint density at radius 2 is 1.68 bits per heavy atom. The van der Waals surface area contributed by atoms with E-state index in [4.69, 9.17) is 11.6 Å². The van der Waals surface area contributed by atoms with Crippen LogP contribution in [0.15, 0.2) is 58.9 Å². The molecule has 0 unspecified atom stereocenters. The van der Waals surface area contributed by atoms with Crippen molar-refractivity contribution in [3.63, 3.8) is 0 Å². The molecule has 0 radical (unpaired) electrons. The number of carbonyl (C=O) groups is 1. The van der Waals surface area contributed by atoms with Gasteiger partial charge in [0.25, 0.3) is 20.3 Å². The molecule has 3 rings (SSSR count). The standard InChI is InChI=1S/C15H11ClN4O3S2/c16-11-8-6-10(7-9-11)13(21)17-14-18-19-15(24-14)25(22,23)20-12-4-2-1-3-5-12/h1-9,20H,(H,17,18,21). The fourth-order valence-electron chi connectivity index (χ4n) is 1.84. The summed E-state index contributed by atoms with van der Waals surface area (Å²) in [4.78, 5) is 12.1. The van der Waals surface area contributed by atoms with Crippen molar-refractivity contribution in [3.05, 3.63) is 65.2 Å². The fourth-order valence-corrected chi connectivity index (χ4v) is 3.93. The minimum atomic E-state index is -3.87. The average molecular weight is 395 g/mol. The second kappa shape index (κ2) is 7.18. The molecule has 2 N–H and O–H groups in total. The first kappa shape index (κ1) is 17.3. The van der Waals surface area contributed by atoms with Crippen LogP contribution in [0.2, 0.25) is 5.02 Å². The Bertz CT molecular complexity index is 989. The maximum atomic E-state index is 12.3. The SMILES string of the molecule is O=C(Nc1nnc(S(=O)(=O)Nc2ccccc2)s1)c1ccc(Cl)cc1. The van der Waals surface area contributed by atoms with Crippen molar-refractivity contribution < 1.29 is 13.2 Å². The lowest BCUT2D eigenvalue weighted by atomic mass is 10.2. The number of hydrogen-bond donors (Lipinski definition) is 2. The van der Waals surface area contributed by atoms with Gasteiger partial charge in [0.05, 0.1) is 0 Å². The Morgan fingerprint density at radius 1 is 1.00 bits per heavy atom. The molecule has 0 saturated carbocycles. The second-order valence-corrected chi connectivity index (χ2v) is 8.08. The van der Waals surface area contributed by atoms with Gasteiger partial charge in [0.2, 0.25) is 5.13 Å². The number of nitrogens with one attached hydrogen (secondary N) is 2. The number of sulfonamides is 1. The molecule has 0 aliphatic heterocycles. The van der Waals surface area contributed by atoms with Crippen LogP contribution < -0.4 is 10.0 Å². The molecule has 1 amide bonds. The summed E-state index contributed by atoms with van der Waals surface area (Å²) in [5, 5.41) is 10.4. The molecule has 0 bridgehead atoms. The summed E-state index contributed by atoms with van der Waals surface area (Å²) < 4.78 is 26.7. The van der Waals surface area contributed by atoms with Crippen molar-refractivity contribution in [2.24, 2.45) is 0 Å². The number of hydrogen-bond acceptors (Lipinski definition) is 6. The summed E-state index contributed by atoms with van der Waals surface area (Å²) in [6.07, 6.45) is 0. The van der Waals surface area contributed by atoms with Crippen LogP contribution >= 0.6 is 22.9 Å². The van der Waals surface area contributed by atoms with E-state index in [0.29, 0.717) is 16.3 Å². The van der Waals surface area contributed by atoms with Crippen molar-refractivity contribution in [3.8, 4) is 0 Å². The van der Waals surface area contributed by atoms with Gasteiger partial charge >= 0.3 is 0 Å². The number of rotatable bonds is 5. The van der Waals surface area contributed by atoms with E-state index >= 15 is 0 Å². The molecular formula is C15H11ClN4O3S2. The van der Waals surface area contributed by atoms with E-state index in [-0.39, 0.29) is 9.47 Å². The van der Waals surface area contributed by atoms with Crippen LogP contribution in [0, 0.1) is 0 Å². The highest BCUT2D eigenvalue weighted by molar-refractivity contribution is 7.94. The van der Waals surface area contributed by atoms with E-state index < -0.39 is 15.9 Å². The summed E-state index contributed by atoms with van der Waals surface area (Å²) >= 11 is 6.53. The van der Waals surface area contributed by atoms with Gasteiger partial charge in [-0.25, -0.2) is 0 Å². The van der Waals surface area contributed by atoms with Gasteiger partial charge in [-0.05, 0) is 36.4 Å². The molecule has 128 valence electrons. The first-order valence-corrected chi connectivity index (χ1v) is 9.60.